The van der Waals surface area contributed by atoms with Gasteiger partial charge in [-0.25, -0.2) is 4.98 Å². The molecule has 0 fully saturated rings. The van der Waals surface area contributed by atoms with E-state index < -0.39 is 0 Å². The van der Waals surface area contributed by atoms with E-state index in [1.807, 2.05) is 47.1 Å². The summed E-state index contributed by atoms with van der Waals surface area (Å²) in [6.45, 7) is 4.33. The highest BCUT2D eigenvalue weighted by Crippen LogP contribution is 2.24. The second-order valence-electron chi connectivity index (χ2n) is 5.78. The summed E-state index contributed by atoms with van der Waals surface area (Å²) in [5.41, 5.74) is 1.96. The van der Waals surface area contributed by atoms with E-state index in [1.165, 1.54) is 0 Å². The van der Waals surface area contributed by atoms with Gasteiger partial charge < -0.3 is 9.84 Å². The zero-order valence-electron chi connectivity index (χ0n) is 13.4. The third-order valence-electron chi connectivity index (χ3n) is 3.65. The highest BCUT2D eigenvalue weighted by Gasteiger charge is 2.12. The summed E-state index contributed by atoms with van der Waals surface area (Å²) in [4.78, 5) is 4.50. The van der Waals surface area contributed by atoms with E-state index in [2.05, 4.69) is 23.9 Å². The normalized spacial score (nSPS) is 11.3. The molecule has 5 nitrogen and oxygen atoms in total. The topological polar surface area (TPSA) is 60.2 Å². The van der Waals surface area contributed by atoms with Crippen LogP contribution in [0.15, 0.2) is 42.5 Å². The Morgan fingerprint density at radius 1 is 1.13 bits per heavy atom. The SMILES string of the molecule is CC(C)n1nc(Oc2ccc3ccccc3n2)cc1CCCO. The smallest absolute Gasteiger partial charge is 0.240 e. The Kier molecular flexibility index (Phi) is 4.57. The van der Waals surface area contributed by atoms with Gasteiger partial charge in [-0.15, -0.1) is 5.10 Å². The van der Waals surface area contributed by atoms with E-state index in [-0.39, 0.29) is 12.6 Å². The average molecular weight is 311 g/mol. The van der Waals surface area contributed by atoms with E-state index in [4.69, 9.17) is 9.84 Å². The molecular formula is C18H21N3O2. The Morgan fingerprint density at radius 2 is 1.96 bits per heavy atom. The lowest BCUT2D eigenvalue weighted by Gasteiger charge is -2.09. The quantitative estimate of drug-likeness (QED) is 0.753. The van der Waals surface area contributed by atoms with Gasteiger partial charge in [0.2, 0.25) is 11.8 Å². The van der Waals surface area contributed by atoms with Crippen LogP contribution in [0.2, 0.25) is 0 Å². The van der Waals surface area contributed by atoms with E-state index in [0.29, 0.717) is 18.2 Å². The maximum absolute atomic E-state index is 9.03. The number of ether oxygens (including phenoxy) is 1. The molecule has 1 N–H and O–H groups in total. The van der Waals surface area contributed by atoms with Crippen molar-refractivity contribution in [3.8, 4) is 11.8 Å². The summed E-state index contributed by atoms with van der Waals surface area (Å²) < 4.78 is 7.77. The van der Waals surface area contributed by atoms with E-state index in [9.17, 15) is 0 Å². The summed E-state index contributed by atoms with van der Waals surface area (Å²) in [6.07, 6.45) is 1.49. The van der Waals surface area contributed by atoms with Crippen LogP contribution in [0.1, 0.15) is 32.0 Å². The lowest BCUT2D eigenvalue weighted by atomic mass is 10.2. The zero-order valence-corrected chi connectivity index (χ0v) is 13.4. The second kappa shape index (κ2) is 6.79. The number of aliphatic hydroxyl groups is 1. The third kappa shape index (κ3) is 3.51. The minimum Gasteiger partial charge on any atom is -0.419 e. The number of hydrogen-bond donors (Lipinski definition) is 1. The average Bonchev–Trinajstić information content (AvgIpc) is 2.96. The predicted octanol–water partition coefficient (Wildman–Crippen LogP) is 3.73. The van der Waals surface area contributed by atoms with E-state index in [0.717, 1.165) is 23.0 Å². The number of para-hydroxylation sites is 1. The highest BCUT2D eigenvalue weighted by molar-refractivity contribution is 5.78. The molecule has 3 aromatic rings. The van der Waals surface area contributed by atoms with Crippen LogP contribution >= 0.6 is 0 Å². The minimum atomic E-state index is 0.172. The van der Waals surface area contributed by atoms with Crippen molar-refractivity contribution in [2.75, 3.05) is 6.61 Å². The molecule has 2 heterocycles. The Hall–Kier alpha value is -2.40. The second-order valence-corrected chi connectivity index (χ2v) is 5.78. The maximum Gasteiger partial charge on any atom is 0.240 e. The van der Waals surface area contributed by atoms with Gasteiger partial charge in [-0.05, 0) is 38.8 Å². The predicted molar refractivity (Wildman–Crippen MR) is 89.8 cm³/mol. The van der Waals surface area contributed by atoms with Crippen LogP contribution in [0, 0.1) is 0 Å². The van der Waals surface area contributed by atoms with Crippen molar-refractivity contribution >= 4 is 10.9 Å². The Bertz CT molecular complexity index is 796. The molecule has 0 atom stereocenters. The molecule has 2 aromatic heterocycles. The molecule has 0 bridgehead atoms. The van der Waals surface area contributed by atoms with Crippen LogP contribution in [0.25, 0.3) is 10.9 Å². The molecule has 23 heavy (non-hydrogen) atoms. The first kappa shape index (κ1) is 15.5. The molecule has 0 amide bonds. The number of pyridine rings is 1. The summed E-state index contributed by atoms with van der Waals surface area (Å²) >= 11 is 0. The number of aromatic nitrogens is 3. The molecule has 0 aliphatic heterocycles. The van der Waals surface area contributed by atoms with Gasteiger partial charge in [0.25, 0.3) is 0 Å². The standard InChI is InChI=1S/C18H21N3O2/c1-13(2)21-15(7-5-11-22)12-18(20-21)23-17-10-9-14-6-3-4-8-16(14)19-17/h3-4,6,8-10,12-13,22H,5,7,11H2,1-2H3. The molecule has 0 saturated carbocycles. The summed E-state index contributed by atoms with van der Waals surface area (Å²) in [7, 11) is 0. The van der Waals surface area contributed by atoms with E-state index >= 15 is 0 Å². The summed E-state index contributed by atoms with van der Waals surface area (Å²) in [5.74, 6) is 1.07. The van der Waals surface area contributed by atoms with Crippen LogP contribution in [0.4, 0.5) is 0 Å². The highest BCUT2D eigenvalue weighted by atomic mass is 16.5. The molecule has 0 aliphatic carbocycles. The van der Waals surface area contributed by atoms with Gasteiger partial charge in [-0.1, -0.05) is 18.2 Å². The number of aliphatic hydroxyl groups excluding tert-OH is 1. The van der Waals surface area contributed by atoms with Crippen LogP contribution in [-0.4, -0.2) is 26.5 Å². The number of benzene rings is 1. The van der Waals surface area contributed by atoms with Gasteiger partial charge in [-0.3, -0.25) is 4.68 Å². The lowest BCUT2D eigenvalue weighted by molar-refractivity contribution is 0.286. The third-order valence-corrected chi connectivity index (χ3v) is 3.65. The monoisotopic (exact) mass is 311 g/mol. The van der Waals surface area contributed by atoms with Crippen LogP contribution < -0.4 is 4.74 Å². The van der Waals surface area contributed by atoms with Crippen molar-refractivity contribution in [2.24, 2.45) is 0 Å². The molecule has 0 radical (unpaired) electrons. The first-order valence-corrected chi connectivity index (χ1v) is 7.90. The van der Waals surface area contributed by atoms with Crippen molar-refractivity contribution in [2.45, 2.75) is 32.7 Å². The molecule has 3 rings (SSSR count). The van der Waals surface area contributed by atoms with Crippen molar-refractivity contribution < 1.29 is 9.84 Å². The van der Waals surface area contributed by atoms with Crippen molar-refractivity contribution in [1.82, 2.24) is 14.8 Å². The fourth-order valence-electron chi connectivity index (χ4n) is 2.56. The zero-order chi connectivity index (χ0) is 16.2. The first-order chi connectivity index (χ1) is 11.2. The molecule has 0 unspecified atom stereocenters. The number of rotatable bonds is 6. The van der Waals surface area contributed by atoms with Crippen LogP contribution in [0.3, 0.4) is 0 Å². The largest absolute Gasteiger partial charge is 0.419 e. The van der Waals surface area contributed by atoms with Crippen molar-refractivity contribution in [3.05, 3.63) is 48.2 Å². The van der Waals surface area contributed by atoms with Gasteiger partial charge in [0.15, 0.2) is 0 Å². The molecule has 0 saturated heterocycles. The van der Waals surface area contributed by atoms with Gasteiger partial charge in [0, 0.05) is 35.9 Å². The van der Waals surface area contributed by atoms with Gasteiger partial charge in [0.05, 0.1) is 5.52 Å². The van der Waals surface area contributed by atoms with Crippen LogP contribution in [-0.2, 0) is 6.42 Å². The number of nitrogens with zero attached hydrogens (tertiary/aromatic N) is 3. The first-order valence-electron chi connectivity index (χ1n) is 7.90. The van der Waals surface area contributed by atoms with Crippen molar-refractivity contribution in [1.29, 1.82) is 0 Å². The van der Waals surface area contributed by atoms with Gasteiger partial charge in [0.1, 0.15) is 0 Å². The Morgan fingerprint density at radius 3 is 2.74 bits per heavy atom. The fourth-order valence-corrected chi connectivity index (χ4v) is 2.56. The minimum absolute atomic E-state index is 0.172. The number of fused-ring (bicyclic) bond motifs is 1. The molecule has 5 heteroatoms. The molecule has 120 valence electrons. The molecule has 1 aromatic carbocycles. The van der Waals surface area contributed by atoms with Crippen LogP contribution in [0.5, 0.6) is 11.8 Å². The molecular weight excluding hydrogens is 290 g/mol. The summed E-state index contributed by atoms with van der Waals surface area (Å²) in [5, 5.41) is 14.6. The number of hydrogen-bond acceptors (Lipinski definition) is 4. The van der Waals surface area contributed by atoms with Crippen molar-refractivity contribution in [3.63, 3.8) is 0 Å². The van der Waals surface area contributed by atoms with E-state index in [1.54, 1.807) is 0 Å². The fraction of sp³-hybridized carbons (Fsp3) is 0.333. The lowest BCUT2D eigenvalue weighted by Crippen LogP contribution is -2.08. The Labute approximate surface area is 135 Å². The Balaban J connectivity index is 1.85. The number of aryl methyl sites for hydroxylation is 1. The van der Waals surface area contributed by atoms with Gasteiger partial charge in [-0.2, -0.15) is 0 Å². The molecule has 0 spiro atoms. The maximum atomic E-state index is 9.03. The molecule has 0 aliphatic rings. The van der Waals surface area contributed by atoms with Gasteiger partial charge >= 0.3 is 0 Å². The summed E-state index contributed by atoms with van der Waals surface area (Å²) in [6, 6.07) is 13.9.